The molecule has 0 aliphatic heterocycles. The van der Waals surface area contributed by atoms with Crippen molar-refractivity contribution in [1.82, 2.24) is 15.1 Å². The molecule has 0 spiro atoms. The Bertz CT molecular complexity index is 956. The molecule has 0 saturated heterocycles. The largest absolute Gasteiger partial charge is 0.486 e. The van der Waals surface area contributed by atoms with Crippen LogP contribution in [-0.2, 0) is 20.2 Å². The molecule has 140 valence electrons. The molecular formula is C19H16ClF2N3O2. The third-order valence-electron chi connectivity index (χ3n) is 3.90. The minimum absolute atomic E-state index is 0.0389. The highest BCUT2D eigenvalue weighted by Crippen LogP contribution is 2.19. The number of aromatic nitrogens is 2. The maximum absolute atomic E-state index is 13.6. The Kier molecular flexibility index (Phi) is 5.71. The molecular weight excluding hydrogens is 376 g/mol. The fourth-order valence-corrected chi connectivity index (χ4v) is 2.69. The molecule has 0 aliphatic carbocycles. The highest BCUT2D eigenvalue weighted by atomic mass is 35.5. The zero-order chi connectivity index (χ0) is 19.4. The minimum atomic E-state index is -0.781. The first-order valence-electron chi connectivity index (χ1n) is 8.05. The predicted octanol–water partition coefficient (Wildman–Crippen LogP) is 3.86. The number of carbonyl (C=O) groups is 1. The number of hydrogen-bond acceptors (Lipinski definition) is 3. The van der Waals surface area contributed by atoms with Crippen molar-refractivity contribution in [2.24, 2.45) is 7.05 Å². The summed E-state index contributed by atoms with van der Waals surface area (Å²) >= 11 is 6.02. The molecule has 3 rings (SSSR count). The van der Waals surface area contributed by atoms with E-state index in [2.05, 4.69) is 10.4 Å². The second kappa shape index (κ2) is 8.18. The van der Waals surface area contributed by atoms with Crippen molar-refractivity contribution in [3.8, 4) is 5.75 Å². The number of hydrogen-bond donors (Lipinski definition) is 1. The number of carbonyl (C=O) groups excluding carboxylic acids is 1. The first-order chi connectivity index (χ1) is 12.9. The fraction of sp³-hybridized carbons (Fsp3) is 0.158. The van der Waals surface area contributed by atoms with E-state index in [0.29, 0.717) is 21.8 Å². The van der Waals surface area contributed by atoms with Crippen molar-refractivity contribution in [2.75, 3.05) is 0 Å². The van der Waals surface area contributed by atoms with Gasteiger partial charge in [-0.25, -0.2) is 8.78 Å². The molecule has 0 bridgehead atoms. The monoisotopic (exact) mass is 391 g/mol. The Morgan fingerprint density at radius 2 is 2.07 bits per heavy atom. The van der Waals surface area contributed by atoms with Gasteiger partial charge in [0.25, 0.3) is 5.91 Å². The van der Waals surface area contributed by atoms with Crippen molar-refractivity contribution in [3.05, 3.63) is 82.1 Å². The lowest BCUT2D eigenvalue weighted by Gasteiger charge is -2.10. The van der Waals surface area contributed by atoms with Crippen LogP contribution in [0.5, 0.6) is 5.75 Å². The third kappa shape index (κ3) is 4.62. The Labute approximate surface area is 159 Å². The van der Waals surface area contributed by atoms with Crippen LogP contribution in [0.3, 0.4) is 0 Å². The summed E-state index contributed by atoms with van der Waals surface area (Å²) < 4.78 is 33.5. The molecule has 1 amide bonds. The van der Waals surface area contributed by atoms with Gasteiger partial charge in [0.15, 0.2) is 11.6 Å². The maximum Gasteiger partial charge on any atom is 0.251 e. The van der Waals surface area contributed by atoms with E-state index < -0.39 is 11.6 Å². The molecule has 0 saturated carbocycles. The number of benzene rings is 2. The normalized spacial score (nSPS) is 10.7. The number of nitrogens with zero attached hydrogens (tertiary/aromatic N) is 2. The van der Waals surface area contributed by atoms with E-state index >= 15 is 0 Å². The van der Waals surface area contributed by atoms with Crippen LogP contribution in [0.25, 0.3) is 0 Å². The molecule has 0 aliphatic rings. The zero-order valence-electron chi connectivity index (χ0n) is 14.4. The van der Waals surface area contributed by atoms with Crippen molar-refractivity contribution in [1.29, 1.82) is 0 Å². The van der Waals surface area contributed by atoms with E-state index in [4.69, 9.17) is 16.3 Å². The van der Waals surface area contributed by atoms with Gasteiger partial charge in [0, 0.05) is 18.7 Å². The van der Waals surface area contributed by atoms with Crippen LogP contribution in [0.15, 0.2) is 48.7 Å². The number of ether oxygens (including phenoxy) is 1. The van der Waals surface area contributed by atoms with Crippen molar-refractivity contribution >= 4 is 17.5 Å². The highest BCUT2D eigenvalue weighted by molar-refractivity contribution is 6.31. The Hall–Kier alpha value is -2.93. The van der Waals surface area contributed by atoms with Gasteiger partial charge in [-0.2, -0.15) is 5.10 Å². The van der Waals surface area contributed by atoms with Gasteiger partial charge in [0.2, 0.25) is 0 Å². The summed E-state index contributed by atoms with van der Waals surface area (Å²) in [6.07, 6.45) is 1.51. The van der Waals surface area contributed by atoms with Gasteiger partial charge >= 0.3 is 0 Å². The number of amides is 1. The molecule has 0 unspecified atom stereocenters. The summed E-state index contributed by atoms with van der Waals surface area (Å²) in [5, 5.41) is 7.26. The molecule has 2 aromatic carbocycles. The topological polar surface area (TPSA) is 56.2 Å². The smallest absolute Gasteiger partial charge is 0.251 e. The van der Waals surface area contributed by atoms with Gasteiger partial charge in [-0.15, -0.1) is 0 Å². The standard InChI is InChI=1S/C19H16ClF2N3O2/c1-25-17(15(20)9-24-25)10-23-19(26)13-4-2-3-12(7-13)11-27-18-6-5-14(21)8-16(18)22/h2-9H,10-11H2,1H3,(H,23,26). The van der Waals surface area contributed by atoms with E-state index in [0.717, 1.165) is 12.1 Å². The second-order valence-electron chi connectivity index (χ2n) is 5.81. The molecule has 0 atom stereocenters. The summed E-state index contributed by atoms with van der Waals surface area (Å²) in [6.45, 7) is 0.271. The van der Waals surface area contributed by atoms with E-state index in [1.54, 1.807) is 36.0 Å². The number of halogens is 3. The number of rotatable bonds is 6. The summed E-state index contributed by atoms with van der Waals surface area (Å²) in [5.41, 5.74) is 1.79. The molecule has 0 radical (unpaired) electrons. The van der Waals surface area contributed by atoms with Crippen LogP contribution in [0.2, 0.25) is 5.02 Å². The van der Waals surface area contributed by atoms with Crippen LogP contribution >= 0.6 is 11.6 Å². The van der Waals surface area contributed by atoms with Crippen LogP contribution < -0.4 is 10.1 Å². The molecule has 1 aromatic heterocycles. The van der Waals surface area contributed by atoms with Gasteiger partial charge in [-0.05, 0) is 29.8 Å². The van der Waals surface area contributed by atoms with Gasteiger partial charge in [-0.1, -0.05) is 23.7 Å². The zero-order valence-corrected chi connectivity index (χ0v) is 15.1. The average molecular weight is 392 g/mol. The van der Waals surface area contributed by atoms with Crippen LogP contribution in [0, 0.1) is 11.6 Å². The van der Waals surface area contributed by atoms with Gasteiger partial charge in [-0.3, -0.25) is 9.48 Å². The van der Waals surface area contributed by atoms with Crippen LogP contribution in [0.4, 0.5) is 8.78 Å². The Balaban J connectivity index is 1.63. The molecule has 27 heavy (non-hydrogen) atoms. The molecule has 1 heterocycles. The Morgan fingerprint density at radius 3 is 2.78 bits per heavy atom. The summed E-state index contributed by atoms with van der Waals surface area (Å²) in [4.78, 5) is 12.4. The lowest BCUT2D eigenvalue weighted by atomic mass is 10.1. The summed E-state index contributed by atoms with van der Waals surface area (Å²) in [6, 6.07) is 9.83. The molecule has 1 N–H and O–H groups in total. The van der Waals surface area contributed by atoms with E-state index in [1.165, 1.54) is 12.3 Å². The first-order valence-corrected chi connectivity index (χ1v) is 8.43. The third-order valence-corrected chi connectivity index (χ3v) is 4.22. The molecule has 3 aromatic rings. The summed E-state index contributed by atoms with van der Waals surface area (Å²) in [5.74, 6) is -1.80. The van der Waals surface area contributed by atoms with Gasteiger partial charge in [0.1, 0.15) is 12.4 Å². The average Bonchev–Trinajstić information content (AvgIpc) is 2.97. The lowest BCUT2D eigenvalue weighted by Crippen LogP contribution is -2.24. The van der Waals surface area contributed by atoms with Crippen molar-refractivity contribution in [2.45, 2.75) is 13.2 Å². The Morgan fingerprint density at radius 1 is 1.26 bits per heavy atom. The molecule has 0 fully saturated rings. The maximum atomic E-state index is 13.6. The van der Waals surface area contributed by atoms with Crippen LogP contribution in [0.1, 0.15) is 21.6 Å². The van der Waals surface area contributed by atoms with Crippen molar-refractivity contribution < 1.29 is 18.3 Å². The van der Waals surface area contributed by atoms with E-state index in [-0.39, 0.29) is 24.8 Å². The van der Waals surface area contributed by atoms with Crippen molar-refractivity contribution in [3.63, 3.8) is 0 Å². The van der Waals surface area contributed by atoms with E-state index in [1.807, 2.05) is 0 Å². The number of nitrogens with one attached hydrogen (secondary N) is 1. The van der Waals surface area contributed by atoms with Gasteiger partial charge < -0.3 is 10.1 Å². The number of aryl methyl sites for hydroxylation is 1. The molecule has 8 heteroatoms. The minimum Gasteiger partial charge on any atom is -0.486 e. The fourth-order valence-electron chi connectivity index (χ4n) is 2.46. The predicted molar refractivity (Wildman–Crippen MR) is 96.5 cm³/mol. The molecule has 5 nitrogen and oxygen atoms in total. The second-order valence-corrected chi connectivity index (χ2v) is 6.22. The van der Waals surface area contributed by atoms with E-state index in [9.17, 15) is 13.6 Å². The summed E-state index contributed by atoms with van der Waals surface area (Å²) in [7, 11) is 1.74. The highest BCUT2D eigenvalue weighted by Gasteiger charge is 2.11. The SMILES string of the molecule is Cn1ncc(Cl)c1CNC(=O)c1cccc(COc2ccc(F)cc2F)c1. The van der Waals surface area contributed by atoms with Gasteiger partial charge in [0.05, 0.1) is 23.5 Å². The quantitative estimate of drug-likeness (QED) is 0.694. The lowest BCUT2D eigenvalue weighted by molar-refractivity contribution is 0.0950. The first kappa shape index (κ1) is 18.8. The van der Waals surface area contributed by atoms with Crippen LogP contribution in [-0.4, -0.2) is 15.7 Å².